The Balaban J connectivity index is 1.10. The van der Waals surface area contributed by atoms with Crippen LogP contribution in [0.1, 0.15) is 20.7 Å². The minimum absolute atomic E-state index is 0.0432. The van der Waals surface area contributed by atoms with Gasteiger partial charge in [-0.1, -0.05) is 36.4 Å². The van der Waals surface area contributed by atoms with Gasteiger partial charge < -0.3 is 9.84 Å². The van der Waals surface area contributed by atoms with Gasteiger partial charge >= 0.3 is 5.69 Å². The van der Waals surface area contributed by atoms with Crippen molar-refractivity contribution in [1.29, 1.82) is 0 Å². The van der Waals surface area contributed by atoms with Crippen LogP contribution in [0.5, 0.6) is 5.75 Å². The van der Waals surface area contributed by atoms with Gasteiger partial charge in [0.05, 0.1) is 4.92 Å². The third-order valence-corrected chi connectivity index (χ3v) is 6.92. The van der Waals surface area contributed by atoms with Crippen LogP contribution >= 0.6 is 0 Å². The molecule has 1 unspecified atom stereocenters. The number of nitro groups is 1. The average Bonchev–Trinajstić information content (AvgIpc) is 2.91. The van der Waals surface area contributed by atoms with E-state index in [1.807, 2.05) is 24.3 Å². The molecule has 2 amide bonds. The van der Waals surface area contributed by atoms with Crippen LogP contribution in [0.4, 0.5) is 5.69 Å². The molecule has 0 aliphatic carbocycles. The van der Waals surface area contributed by atoms with Crippen molar-refractivity contribution in [3.8, 4) is 5.75 Å². The number of ether oxygens (including phenoxy) is 1. The van der Waals surface area contributed by atoms with E-state index in [1.54, 1.807) is 24.3 Å². The van der Waals surface area contributed by atoms with Crippen LogP contribution in [0.15, 0.2) is 60.7 Å². The Hall–Kier alpha value is -3.86. The summed E-state index contributed by atoms with van der Waals surface area (Å²) in [6.45, 7) is 4.14. The number of aliphatic hydroxyl groups excluding tert-OH is 1. The molecule has 1 fully saturated rings. The largest absolute Gasteiger partial charge is 0.484 e. The Morgan fingerprint density at radius 3 is 2.14 bits per heavy atom. The number of rotatable bonds is 9. The number of carbonyl (C=O) groups is 2. The number of imide groups is 1. The van der Waals surface area contributed by atoms with Crippen LogP contribution in [0.25, 0.3) is 10.8 Å². The van der Waals surface area contributed by atoms with Crippen LogP contribution in [0, 0.1) is 10.1 Å². The molecular formula is C27H28N4O6. The smallest absolute Gasteiger partial charge is 0.310 e. The molecule has 1 N–H and O–H groups in total. The summed E-state index contributed by atoms with van der Waals surface area (Å²) in [6.07, 6.45) is -0.794. The summed E-state index contributed by atoms with van der Waals surface area (Å²) >= 11 is 0. The second-order valence-corrected chi connectivity index (χ2v) is 9.30. The molecule has 0 bridgehead atoms. The Morgan fingerprint density at radius 2 is 1.49 bits per heavy atom. The molecule has 2 aliphatic heterocycles. The summed E-state index contributed by atoms with van der Waals surface area (Å²) < 4.78 is 5.50. The van der Waals surface area contributed by atoms with Crippen LogP contribution < -0.4 is 4.74 Å². The first-order valence-corrected chi connectivity index (χ1v) is 12.3. The molecule has 3 aromatic carbocycles. The number of carbonyl (C=O) groups excluding carboxylic acids is 2. The second kappa shape index (κ2) is 10.6. The molecule has 0 radical (unpaired) electrons. The highest BCUT2D eigenvalue weighted by molar-refractivity contribution is 6.25. The SMILES string of the molecule is O=C1c2cccc3cccc(c23)C(=O)N1CCN1CCN(CC(O)COc2ccccc2[N+](=O)[O-])CC1. The molecule has 37 heavy (non-hydrogen) atoms. The predicted octanol–water partition coefficient (Wildman–Crippen LogP) is 2.40. The fraction of sp³-hybridized carbons (Fsp3) is 0.333. The summed E-state index contributed by atoms with van der Waals surface area (Å²) in [5.41, 5.74) is 0.998. The van der Waals surface area contributed by atoms with Crippen LogP contribution in [0.2, 0.25) is 0 Å². The van der Waals surface area contributed by atoms with Gasteiger partial charge in [0.25, 0.3) is 11.8 Å². The van der Waals surface area contributed by atoms with Gasteiger partial charge in [-0.15, -0.1) is 0 Å². The first kappa shape index (κ1) is 24.8. The third-order valence-electron chi connectivity index (χ3n) is 6.92. The number of β-amino-alcohol motifs (C(OH)–C–C–N with tert-alkyl or cyclic N) is 1. The number of hydrogen-bond acceptors (Lipinski definition) is 8. The van der Waals surface area contributed by atoms with Crippen molar-refractivity contribution in [2.75, 3.05) is 52.4 Å². The number of amides is 2. The Labute approximate surface area is 213 Å². The number of para-hydroxylation sites is 2. The minimum atomic E-state index is -0.794. The maximum Gasteiger partial charge on any atom is 0.310 e. The zero-order valence-electron chi connectivity index (χ0n) is 20.3. The lowest BCUT2D eigenvalue weighted by Crippen LogP contribution is -2.51. The molecule has 192 valence electrons. The topological polar surface area (TPSA) is 116 Å². The van der Waals surface area contributed by atoms with E-state index < -0.39 is 11.0 Å². The first-order chi connectivity index (χ1) is 17.9. The average molecular weight is 505 g/mol. The molecule has 10 nitrogen and oxygen atoms in total. The fourth-order valence-electron chi connectivity index (χ4n) is 4.99. The number of nitrogens with zero attached hydrogens (tertiary/aromatic N) is 4. The summed E-state index contributed by atoms with van der Waals surface area (Å²) in [6, 6.07) is 17.1. The molecule has 2 heterocycles. The quantitative estimate of drug-likeness (QED) is 0.268. The van der Waals surface area contributed by atoms with E-state index in [-0.39, 0.29) is 29.9 Å². The van der Waals surface area contributed by atoms with E-state index in [2.05, 4.69) is 9.80 Å². The number of aliphatic hydroxyl groups is 1. The molecule has 1 atom stereocenters. The molecule has 2 aliphatic rings. The normalized spacial score (nSPS) is 17.3. The summed E-state index contributed by atoms with van der Waals surface area (Å²) in [5, 5.41) is 23.1. The summed E-state index contributed by atoms with van der Waals surface area (Å²) in [7, 11) is 0. The van der Waals surface area contributed by atoms with Crippen LogP contribution in [-0.2, 0) is 0 Å². The Morgan fingerprint density at radius 1 is 0.865 bits per heavy atom. The number of piperazine rings is 1. The highest BCUT2D eigenvalue weighted by Crippen LogP contribution is 2.30. The molecule has 10 heteroatoms. The summed E-state index contributed by atoms with van der Waals surface area (Å²) in [5.74, 6) is -0.374. The first-order valence-electron chi connectivity index (χ1n) is 12.3. The van der Waals surface area contributed by atoms with Crippen molar-refractivity contribution in [2.45, 2.75) is 6.10 Å². The molecule has 0 saturated carbocycles. The molecule has 5 rings (SSSR count). The Bertz CT molecular complexity index is 1290. The second-order valence-electron chi connectivity index (χ2n) is 9.30. The third kappa shape index (κ3) is 5.17. The highest BCUT2D eigenvalue weighted by atomic mass is 16.6. The van der Waals surface area contributed by atoms with Gasteiger partial charge in [0.2, 0.25) is 0 Å². The van der Waals surface area contributed by atoms with Crippen molar-refractivity contribution < 1.29 is 24.4 Å². The van der Waals surface area contributed by atoms with E-state index in [0.717, 1.165) is 23.9 Å². The van der Waals surface area contributed by atoms with Crippen LogP contribution in [-0.4, -0.2) is 95.1 Å². The molecule has 0 aromatic heterocycles. The van der Waals surface area contributed by atoms with Gasteiger partial charge in [-0.2, -0.15) is 0 Å². The number of nitro benzene ring substituents is 1. The van der Waals surface area contributed by atoms with Crippen molar-refractivity contribution in [1.82, 2.24) is 14.7 Å². The molecular weight excluding hydrogens is 476 g/mol. The van der Waals surface area contributed by atoms with Crippen molar-refractivity contribution in [3.63, 3.8) is 0 Å². The zero-order valence-corrected chi connectivity index (χ0v) is 20.3. The van der Waals surface area contributed by atoms with E-state index in [1.165, 1.54) is 17.0 Å². The summed E-state index contributed by atoms with van der Waals surface area (Å²) in [4.78, 5) is 42.4. The predicted molar refractivity (Wildman–Crippen MR) is 137 cm³/mol. The Kier molecular flexibility index (Phi) is 7.13. The number of hydrogen-bond donors (Lipinski definition) is 1. The van der Waals surface area contributed by atoms with Gasteiger partial charge in [0, 0.05) is 68.4 Å². The fourth-order valence-corrected chi connectivity index (χ4v) is 4.99. The van der Waals surface area contributed by atoms with Crippen molar-refractivity contribution in [3.05, 3.63) is 81.9 Å². The van der Waals surface area contributed by atoms with E-state index in [4.69, 9.17) is 4.74 Å². The highest BCUT2D eigenvalue weighted by Gasteiger charge is 2.33. The lowest BCUT2D eigenvalue weighted by atomic mass is 9.94. The van der Waals surface area contributed by atoms with E-state index >= 15 is 0 Å². The monoisotopic (exact) mass is 504 g/mol. The lowest BCUT2D eigenvalue weighted by Gasteiger charge is -2.36. The zero-order chi connectivity index (χ0) is 25.9. The van der Waals surface area contributed by atoms with E-state index in [9.17, 15) is 24.8 Å². The lowest BCUT2D eigenvalue weighted by molar-refractivity contribution is -0.385. The maximum absolute atomic E-state index is 13.1. The maximum atomic E-state index is 13.1. The van der Waals surface area contributed by atoms with Crippen molar-refractivity contribution in [2.24, 2.45) is 0 Å². The molecule has 0 spiro atoms. The number of benzene rings is 3. The van der Waals surface area contributed by atoms with Crippen molar-refractivity contribution >= 4 is 28.3 Å². The van der Waals surface area contributed by atoms with E-state index in [0.29, 0.717) is 43.9 Å². The van der Waals surface area contributed by atoms with Crippen LogP contribution in [0.3, 0.4) is 0 Å². The van der Waals surface area contributed by atoms with Gasteiger partial charge in [0.15, 0.2) is 5.75 Å². The molecule has 3 aromatic rings. The van der Waals surface area contributed by atoms with Gasteiger partial charge in [-0.05, 0) is 23.6 Å². The minimum Gasteiger partial charge on any atom is -0.484 e. The molecule has 1 saturated heterocycles. The van der Waals surface area contributed by atoms with Gasteiger partial charge in [-0.25, -0.2) is 0 Å². The standard InChI is InChI=1S/C27H28N4O6/c32-20(18-37-24-10-2-1-9-23(24)31(35)36)17-29-13-11-28(12-14-29)15-16-30-26(33)21-7-3-5-19-6-4-8-22(25(19)21)27(30)34/h1-10,20,32H,11-18H2. The van der Waals surface area contributed by atoms with Gasteiger partial charge in [0.1, 0.15) is 12.7 Å². The van der Waals surface area contributed by atoms with Gasteiger partial charge in [-0.3, -0.25) is 34.4 Å².